The van der Waals surface area contributed by atoms with E-state index < -0.39 is 0 Å². The lowest BCUT2D eigenvalue weighted by Gasteiger charge is -2.32. The van der Waals surface area contributed by atoms with Crippen molar-refractivity contribution in [1.82, 2.24) is 16.0 Å². The zero-order chi connectivity index (χ0) is 12.0. The Balaban J connectivity index is 2.27. The van der Waals surface area contributed by atoms with E-state index in [2.05, 4.69) is 22.9 Å². The third-order valence-corrected chi connectivity index (χ3v) is 3.15. The average Bonchev–Trinajstić information content (AvgIpc) is 2.26. The van der Waals surface area contributed by atoms with Crippen molar-refractivity contribution >= 4 is 6.03 Å². The second kappa shape index (κ2) is 6.74. The van der Waals surface area contributed by atoms with Crippen molar-refractivity contribution in [2.75, 3.05) is 13.1 Å². The van der Waals surface area contributed by atoms with Crippen LogP contribution >= 0.6 is 0 Å². The Morgan fingerprint density at radius 3 is 2.88 bits per heavy atom. The SMILES string of the molecule is CCC1CCCNC1CNC(=O)NC(C)C. The molecule has 4 heteroatoms. The van der Waals surface area contributed by atoms with E-state index in [0.717, 1.165) is 13.1 Å². The van der Waals surface area contributed by atoms with Crippen LogP contribution in [0.3, 0.4) is 0 Å². The minimum atomic E-state index is -0.0581. The van der Waals surface area contributed by atoms with Crippen LogP contribution in [0.4, 0.5) is 4.79 Å². The molecule has 1 aliphatic heterocycles. The van der Waals surface area contributed by atoms with Crippen molar-refractivity contribution in [3.05, 3.63) is 0 Å². The van der Waals surface area contributed by atoms with Crippen LogP contribution in [0.1, 0.15) is 40.0 Å². The van der Waals surface area contributed by atoms with Crippen molar-refractivity contribution in [3.8, 4) is 0 Å². The number of carbonyl (C=O) groups is 1. The molecule has 1 rings (SSSR count). The first-order valence-corrected chi connectivity index (χ1v) is 6.41. The third-order valence-electron chi connectivity index (χ3n) is 3.15. The number of nitrogens with one attached hydrogen (secondary N) is 3. The molecule has 0 aromatic heterocycles. The Bertz CT molecular complexity index is 218. The Morgan fingerprint density at radius 1 is 1.50 bits per heavy atom. The van der Waals surface area contributed by atoms with Gasteiger partial charge in [0.25, 0.3) is 0 Å². The molecule has 2 amide bonds. The molecule has 1 saturated heterocycles. The molecule has 0 bridgehead atoms. The van der Waals surface area contributed by atoms with Crippen molar-refractivity contribution in [1.29, 1.82) is 0 Å². The van der Waals surface area contributed by atoms with Crippen LogP contribution in [0, 0.1) is 5.92 Å². The largest absolute Gasteiger partial charge is 0.337 e. The van der Waals surface area contributed by atoms with Gasteiger partial charge in [0.1, 0.15) is 0 Å². The van der Waals surface area contributed by atoms with Crippen LogP contribution < -0.4 is 16.0 Å². The summed E-state index contributed by atoms with van der Waals surface area (Å²) in [6.07, 6.45) is 3.72. The molecule has 94 valence electrons. The highest BCUT2D eigenvalue weighted by atomic mass is 16.2. The summed E-state index contributed by atoms with van der Waals surface area (Å²) in [6.45, 7) is 7.96. The monoisotopic (exact) mass is 227 g/mol. The second-order valence-electron chi connectivity index (χ2n) is 4.88. The fraction of sp³-hybridized carbons (Fsp3) is 0.917. The Kier molecular flexibility index (Phi) is 5.60. The molecule has 1 heterocycles. The lowest BCUT2D eigenvalue weighted by Crippen LogP contribution is -2.51. The van der Waals surface area contributed by atoms with Crippen molar-refractivity contribution in [3.63, 3.8) is 0 Å². The molecule has 0 saturated carbocycles. The van der Waals surface area contributed by atoms with Gasteiger partial charge in [-0.3, -0.25) is 0 Å². The highest BCUT2D eigenvalue weighted by molar-refractivity contribution is 5.74. The van der Waals surface area contributed by atoms with Crippen LogP contribution in [0.15, 0.2) is 0 Å². The van der Waals surface area contributed by atoms with E-state index in [4.69, 9.17) is 0 Å². The number of hydrogen-bond acceptors (Lipinski definition) is 2. The lowest BCUT2D eigenvalue weighted by atomic mass is 9.89. The summed E-state index contributed by atoms with van der Waals surface area (Å²) in [5, 5.41) is 9.26. The maximum absolute atomic E-state index is 11.4. The molecule has 0 radical (unpaired) electrons. The molecular formula is C12H25N3O. The average molecular weight is 227 g/mol. The van der Waals surface area contributed by atoms with Gasteiger partial charge in [0.15, 0.2) is 0 Å². The topological polar surface area (TPSA) is 53.2 Å². The molecule has 2 unspecified atom stereocenters. The van der Waals surface area contributed by atoms with Crippen LogP contribution in [0.2, 0.25) is 0 Å². The first-order chi connectivity index (χ1) is 7.63. The number of amides is 2. The predicted molar refractivity (Wildman–Crippen MR) is 66.5 cm³/mol. The first-order valence-electron chi connectivity index (χ1n) is 6.41. The van der Waals surface area contributed by atoms with E-state index in [1.807, 2.05) is 13.8 Å². The first kappa shape index (κ1) is 13.3. The predicted octanol–water partition coefficient (Wildman–Crippen LogP) is 1.47. The minimum absolute atomic E-state index is 0.0581. The van der Waals surface area contributed by atoms with Crippen LogP contribution in [-0.2, 0) is 0 Å². The smallest absolute Gasteiger partial charge is 0.315 e. The summed E-state index contributed by atoms with van der Waals surface area (Å²) in [6, 6.07) is 0.579. The highest BCUT2D eigenvalue weighted by Crippen LogP contribution is 2.18. The fourth-order valence-electron chi connectivity index (χ4n) is 2.26. The summed E-state index contributed by atoms with van der Waals surface area (Å²) < 4.78 is 0. The van der Waals surface area contributed by atoms with Gasteiger partial charge < -0.3 is 16.0 Å². The van der Waals surface area contributed by atoms with Gasteiger partial charge in [-0.05, 0) is 39.2 Å². The molecule has 0 spiro atoms. The summed E-state index contributed by atoms with van der Waals surface area (Å²) in [5.41, 5.74) is 0. The number of hydrogen-bond donors (Lipinski definition) is 3. The zero-order valence-corrected chi connectivity index (χ0v) is 10.7. The van der Waals surface area contributed by atoms with Gasteiger partial charge in [-0.2, -0.15) is 0 Å². The van der Waals surface area contributed by atoms with E-state index in [1.54, 1.807) is 0 Å². The van der Waals surface area contributed by atoms with Gasteiger partial charge in [-0.15, -0.1) is 0 Å². The van der Waals surface area contributed by atoms with E-state index in [9.17, 15) is 4.79 Å². The molecule has 4 nitrogen and oxygen atoms in total. The number of carbonyl (C=O) groups excluding carboxylic acids is 1. The molecule has 1 aliphatic rings. The van der Waals surface area contributed by atoms with Gasteiger partial charge in [0.05, 0.1) is 0 Å². The standard InChI is InChI=1S/C12H25N3O/c1-4-10-6-5-7-13-11(10)8-14-12(16)15-9(2)3/h9-11,13H,4-8H2,1-3H3,(H2,14,15,16). The number of urea groups is 1. The second-order valence-corrected chi connectivity index (χ2v) is 4.88. The van der Waals surface area contributed by atoms with E-state index in [-0.39, 0.29) is 12.1 Å². The maximum atomic E-state index is 11.4. The third kappa shape index (κ3) is 4.39. The number of piperidine rings is 1. The van der Waals surface area contributed by atoms with Gasteiger partial charge in [-0.1, -0.05) is 13.3 Å². The van der Waals surface area contributed by atoms with E-state index in [1.165, 1.54) is 19.3 Å². The summed E-state index contributed by atoms with van der Waals surface area (Å²) in [5.74, 6) is 0.702. The highest BCUT2D eigenvalue weighted by Gasteiger charge is 2.23. The van der Waals surface area contributed by atoms with Crippen LogP contribution in [0.5, 0.6) is 0 Å². The van der Waals surface area contributed by atoms with Crippen molar-refractivity contribution < 1.29 is 4.79 Å². The van der Waals surface area contributed by atoms with Gasteiger partial charge in [0, 0.05) is 18.6 Å². The molecule has 0 aromatic rings. The van der Waals surface area contributed by atoms with Gasteiger partial charge >= 0.3 is 6.03 Å². The minimum Gasteiger partial charge on any atom is -0.337 e. The quantitative estimate of drug-likeness (QED) is 0.681. The van der Waals surface area contributed by atoms with Crippen LogP contribution in [-0.4, -0.2) is 31.2 Å². The molecular weight excluding hydrogens is 202 g/mol. The fourth-order valence-corrected chi connectivity index (χ4v) is 2.26. The molecule has 1 fully saturated rings. The molecule has 16 heavy (non-hydrogen) atoms. The zero-order valence-electron chi connectivity index (χ0n) is 10.7. The Morgan fingerprint density at radius 2 is 2.25 bits per heavy atom. The Hall–Kier alpha value is -0.770. The van der Waals surface area contributed by atoms with Crippen molar-refractivity contribution in [2.24, 2.45) is 5.92 Å². The molecule has 0 aromatic carbocycles. The van der Waals surface area contributed by atoms with Gasteiger partial charge in [0.2, 0.25) is 0 Å². The van der Waals surface area contributed by atoms with Crippen LogP contribution in [0.25, 0.3) is 0 Å². The Labute approximate surface area is 98.6 Å². The van der Waals surface area contributed by atoms with Gasteiger partial charge in [-0.25, -0.2) is 4.79 Å². The summed E-state index contributed by atoms with van der Waals surface area (Å²) in [7, 11) is 0. The summed E-state index contributed by atoms with van der Waals surface area (Å²) in [4.78, 5) is 11.4. The van der Waals surface area contributed by atoms with E-state index >= 15 is 0 Å². The molecule has 0 aliphatic carbocycles. The molecule has 3 N–H and O–H groups in total. The normalized spacial score (nSPS) is 25.5. The summed E-state index contributed by atoms with van der Waals surface area (Å²) >= 11 is 0. The lowest BCUT2D eigenvalue weighted by molar-refractivity contribution is 0.228. The van der Waals surface area contributed by atoms with E-state index in [0.29, 0.717) is 12.0 Å². The van der Waals surface area contributed by atoms with Crippen molar-refractivity contribution in [2.45, 2.75) is 52.1 Å². The maximum Gasteiger partial charge on any atom is 0.315 e. The molecule has 2 atom stereocenters. The number of rotatable bonds is 4.